The van der Waals surface area contributed by atoms with Crippen LogP contribution in [0, 0.1) is 12.8 Å². The second kappa shape index (κ2) is 25.6. The van der Waals surface area contributed by atoms with Crippen LogP contribution in [0.25, 0.3) is 0 Å². The first-order valence-corrected chi connectivity index (χ1v) is 2.31. The zero-order valence-electron chi connectivity index (χ0n) is 5.86. The van der Waals surface area contributed by atoms with Crippen molar-refractivity contribution in [3.8, 4) is 0 Å². The first kappa shape index (κ1) is 15.8. The molecule has 0 aromatic rings. The molecule has 0 aliphatic heterocycles. The van der Waals surface area contributed by atoms with E-state index in [9.17, 15) is 0 Å². The Balaban J connectivity index is -0.0000000400. The summed E-state index contributed by atoms with van der Waals surface area (Å²) in [6.07, 6.45) is 4.00. The van der Waals surface area contributed by atoms with Gasteiger partial charge >= 0.3 is 48.9 Å². The molecule has 0 saturated heterocycles. The summed E-state index contributed by atoms with van der Waals surface area (Å²) in [6, 6.07) is 0. The van der Waals surface area contributed by atoms with Crippen LogP contribution >= 0.6 is 0 Å². The second-order valence-electron chi connectivity index (χ2n) is 1.15. The smallest absolute Gasteiger partial charge is 0.335 e. The summed E-state index contributed by atoms with van der Waals surface area (Å²) in [7, 11) is 0. The van der Waals surface area contributed by atoms with Crippen LogP contribution in [-0.4, -0.2) is 48.9 Å². The fraction of sp³-hybridized carbons (Fsp3) is 0.667. The molecule has 0 rings (SSSR count). The minimum absolute atomic E-state index is 0. The molecule has 0 aliphatic rings. The fourth-order valence-electron chi connectivity index (χ4n) is 0. The van der Waals surface area contributed by atoms with Gasteiger partial charge in [0, 0.05) is 0 Å². The van der Waals surface area contributed by atoms with Gasteiger partial charge in [0.2, 0.25) is 0 Å². The minimum atomic E-state index is 0. The number of hydrogen-bond acceptors (Lipinski definition) is 0. The summed E-state index contributed by atoms with van der Waals surface area (Å²) < 4.78 is 0. The van der Waals surface area contributed by atoms with E-state index in [1.807, 2.05) is 40.5 Å². The second-order valence-corrected chi connectivity index (χ2v) is 1.15. The van der Waals surface area contributed by atoms with Crippen LogP contribution in [-0.2, 0) is 0 Å². The van der Waals surface area contributed by atoms with E-state index in [0.717, 1.165) is 0 Å². The molecular weight excluding hydrogens is 209 g/mol. The summed E-state index contributed by atoms with van der Waals surface area (Å²) in [4.78, 5) is 0. The molecule has 0 N–H and O–H groups in total. The van der Waals surface area contributed by atoms with Gasteiger partial charge in [-0.1, -0.05) is 0 Å². The molecule has 40 valence electrons. The molecule has 0 aromatic heterocycles. The Labute approximate surface area is 88.1 Å². The topological polar surface area (TPSA) is 0 Å². The van der Waals surface area contributed by atoms with Crippen molar-refractivity contribution < 1.29 is 0 Å². The molecule has 0 amide bonds. The Bertz CT molecular complexity index is 6.14. The average Bonchev–Trinajstić information content (AvgIpc) is 1.39. The SMILES string of the molecule is C[CH-]C.C[CH-]C.[Ba+2]. The third-order valence-corrected chi connectivity index (χ3v) is 0. The first-order chi connectivity index (χ1) is 2.83. The van der Waals surface area contributed by atoms with Crippen molar-refractivity contribution in [3.05, 3.63) is 12.8 Å². The summed E-state index contributed by atoms with van der Waals surface area (Å²) in [5, 5.41) is 0. The zero-order chi connectivity index (χ0) is 5.41. The number of rotatable bonds is 0. The predicted molar refractivity (Wildman–Crippen MR) is 37.0 cm³/mol. The van der Waals surface area contributed by atoms with Gasteiger partial charge in [0.1, 0.15) is 0 Å². The van der Waals surface area contributed by atoms with E-state index in [-0.39, 0.29) is 48.9 Å². The molecule has 0 nitrogen and oxygen atoms in total. The van der Waals surface area contributed by atoms with Gasteiger partial charge in [-0.2, -0.15) is 27.7 Å². The van der Waals surface area contributed by atoms with Gasteiger partial charge < -0.3 is 12.8 Å². The van der Waals surface area contributed by atoms with Gasteiger partial charge in [0.25, 0.3) is 0 Å². The van der Waals surface area contributed by atoms with Crippen LogP contribution in [0.4, 0.5) is 0 Å². The molecule has 0 saturated carbocycles. The molecular formula is C6H14Ba. The Hall–Kier alpha value is 1.57. The Morgan fingerprint density at radius 3 is 0.714 bits per heavy atom. The van der Waals surface area contributed by atoms with Crippen molar-refractivity contribution in [2.45, 2.75) is 27.7 Å². The molecule has 0 aliphatic carbocycles. The van der Waals surface area contributed by atoms with Gasteiger partial charge in [-0.3, -0.25) is 0 Å². The maximum atomic E-state index is 2.00. The third-order valence-electron chi connectivity index (χ3n) is 0. The molecule has 0 aromatic carbocycles. The van der Waals surface area contributed by atoms with Crippen LogP contribution in [0.1, 0.15) is 27.7 Å². The summed E-state index contributed by atoms with van der Waals surface area (Å²) >= 11 is 0. The maximum Gasteiger partial charge on any atom is 2.00 e. The van der Waals surface area contributed by atoms with Crippen molar-refractivity contribution in [1.82, 2.24) is 0 Å². The van der Waals surface area contributed by atoms with E-state index in [1.54, 1.807) is 0 Å². The molecule has 0 bridgehead atoms. The molecule has 0 radical (unpaired) electrons. The fourth-order valence-corrected chi connectivity index (χ4v) is 0. The van der Waals surface area contributed by atoms with Crippen LogP contribution in [0.3, 0.4) is 0 Å². The van der Waals surface area contributed by atoms with E-state index in [4.69, 9.17) is 0 Å². The third kappa shape index (κ3) is 95.2. The van der Waals surface area contributed by atoms with Gasteiger partial charge in [0.15, 0.2) is 0 Å². The van der Waals surface area contributed by atoms with Crippen LogP contribution < -0.4 is 0 Å². The van der Waals surface area contributed by atoms with Crippen LogP contribution in [0.5, 0.6) is 0 Å². The molecule has 0 atom stereocenters. The molecule has 0 fully saturated rings. The van der Waals surface area contributed by atoms with E-state index in [0.29, 0.717) is 0 Å². The summed E-state index contributed by atoms with van der Waals surface area (Å²) in [6.45, 7) is 8.00. The summed E-state index contributed by atoms with van der Waals surface area (Å²) in [5.74, 6) is 0. The molecule has 0 spiro atoms. The van der Waals surface area contributed by atoms with Crippen molar-refractivity contribution in [2.24, 2.45) is 0 Å². The Morgan fingerprint density at radius 1 is 0.714 bits per heavy atom. The zero-order valence-corrected chi connectivity index (χ0v) is 10.3. The monoisotopic (exact) mass is 224 g/mol. The Morgan fingerprint density at radius 2 is 0.714 bits per heavy atom. The predicted octanol–water partition coefficient (Wildman–Crippen LogP) is 2.08. The van der Waals surface area contributed by atoms with Crippen molar-refractivity contribution in [1.29, 1.82) is 0 Å². The minimum Gasteiger partial charge on any atom is -0.335 e. The first-order valence-electron chi connectivity index (χ1n) is 2.31. The van der Waals surface area contributed by atoms with E-state index in [1.165, 1.54) is 0 Å². The van der Waals surface area contributed by atoms with E-state index in [2.05, 4.69) is 0 Å². The van der Waals surface area contributed by atoms with Crippen LogP contribution in [0.2, 0.25) is 0 Å². The quantitative estimate of drug-likeness (QED) is 0.436. The van der Waals surface area contributed by atoms with Crippen molar-refractivity contribution in [2.75, 3.05) is 0 Å². The molecule has 7 heavy (non-hydrogen) atoms. The van der Waals surface area contributed by atoms with Crippen molar-refractivity contribution in [3.63, 3.8) is 0 Å². The van der Waals surface area contributed by atoms with Crippen molar-refractivity contribution >= 4 is 48.9 Å². The van der Waals surface area contributed by atoms with Crippen LogP contribution in [0.15, 0.2) is 0 Å². The molecule has 0 unspecified atom stereocenters. The normalized spacial score (nSPS) is 5.14. The van der Waals surface area contributed by atoms with Gasteiger partial charge in [-0.05, 0) is 0 Å². The average molecular weight is 224 g/mol. The number of hydrogen-bond donors (Lipinski definition) is 0. The van der Waals surface area contributed by atoms with Gasteiger partial charge in [0.05, 0.1) is 0 Å². The largest absolute Gasteiger partial charge is 2.00 e. The maximum absolute atomic E-state index is 2.00. The van der Waals surface area contributed by atoms with Gasteiger partial charge in [-0.15, -0.1) is 0 Å². The van der Waals surface area contributed by atoms with E-state index >= 15 is 0 Å². The molecule has 0 heterocycles. The van der Waals surface area contributed by atoms with Gasteiger partial charge in [-0.25, -0.2) is 0 Å². The standard InChI is InChI=1S/2C3H7.Ba/c2*1-3-2;/h2*3H,1-2H3;/q2*-1;+2. The molecule has 1 heteroatoms. The van der Waals surface area contributed by atoms with E-state index < -0.39 is 0 Å². The summed E-state index contributed by atoms with van der Waals surface area (Å²) in [5.41, 5.74) is 0. The Kier molecular flexibility index (Phi) is 58.0.